The highest BCUT2D eigenvalue weighted by molar-refractivity contribution is 9.10. The molecule has 0 aliphatic carbocycles. The Morgan fingerprint density at radius 3 is 2.85 bits per heavy atom. The van der Waals surface area contributed by atoms with E-state index in [0.717, 1.165) is 0 Å². The first kappa shape index (κ1) is 14.9. The van der Waals surface area contributed by atoms with E-state index in [1.54, 1.807) is 6.07 Å². The summed E-state index contributed by atoms with van der Waals surface area (Å²) in [6, 6.07) is 4.45. The van der Waals surface area contributed by atoms with Crippen LogP contribution >= 0.6 is 15.9 Å². The molecule has 0 radical (unpaired) electrons. The molecule has 2 unspecified atom stereocenters. The number of carboxylic acids is 1. The fourth-order valence-corrected chi connectivity index (χ4v) is 2.38. The molecule has 5 nitrogen and oxygen atoms in total. The Morgan fingerprint density at radius 1 is 1.45 bits per heavy atom. The van der Waals surface area contributed by atoms with E-state index in [4.69, 9.17) is 9.84 Å². The second kappa shape index (κ2) is 6.32. The minimum Gasteiger partial charge on any atom is -0.479 e. The van der Waals surface area contributed by atoms with Crippen LogP contribution in [0.4, 0.5) is 4.39 Å². The van der Waals surface area contributed by atoms with E-state index in [1.165, 1.54) is 12.1 Å². The number of hydrogen-bond acceptors (Lipinski definition) is 3. The normalized spacial score (nSPS) is 21.7. The van der Waals surface area contributed by atoms with Gasteiger partial charge < -0.3 is 15.2 Å². The van der Waals surface area contributed by atoms with Crippen LogP contribution in [-0.4, -0.2) is 35.7 Å². The largest absolute Gasteiger partial charge is 0.479 e. The van der Waals surface area contributed by atoms with Crippen molar-refractivity contribution in [2.75, 3.05) is 6.54 Å². The van der Waals surface area contributed by atoms with E-state index in [9.17, 15) is 14.0 Å². The van der Waals surface area contributed by atoms with Gasteiger partial charge in [0.15, 0.2) is 6.10 Å². The summed E-state index contributed by atoms with van der Waals surface area (Å²) in [4.78, 5) is 22.6. The van der Waals surface area contributed by atoms with Gasteiger partial charge in [0.1, 0.15) is 5.82 Å². The first-order valence-electron chi connectivity index (χ1n) is 6.09. The van der Waals surface area contributed by atoms with Crippen LogP contribution in [-0.2, 0) is 9.53 Å². The molecule has 1 fully saturated rings. The zero-order valence-corrected chi connectivity index (χ0v) is 12.0. The van der Waals surface area contributed by atoms with E-state index in [2.05, 4.69) is 21.2 Å². The van der Waals surface area contributed by atoms with Gasteiger partial charge in [-0.2, -0.15) is 0 Å². The Hall–Kier alpha value is -1.47. The Morgan fingerprint density at radius 2 is 2.20 bits per heavy atom. The number of nitrogens with one attached hydrogen (secondary N) is 1. The van der Waals surface area contributed by atoms with Gasteiger partial charge in [0.05, 0.1) is 16.1 Å². The van der Waals surface area contributed by atoms with Crippen molar-refractivity contribution in [3.63, 3.8) is 0 Å². The molecule has 108 valence electrons. The molecule has 1 heterocycles. The molecule has 1 aliphatic heterocycles. The lowest BCUT2D eigenvalue weighted by Gasteiger charge is -2.12. The fourth-order valence-electron chi connectivity index (χ4n) is 2.02. The van der Waals surface area contributed by atoms with Gasteiger partial charge in [-0.3, -0.25) is 4.79 Å². The topological polar surface area (TPSA) is 75.6 Å². The number of amides is 1. The van der Waals surface area contributed by atoms with Gasteiger partial charge in [-0.15, -0.1) is 0 Å². The number of aliphatic carboxylic acids is 1. The highest BCUT2D eigenvalue weighted by Crippen LogP contribution is 2.20. The molecular formula is C13H13BrFNO4. The lowest BCUT2D eigenvalue weighted by atomic mass is 10.1. The third kappa shape index (κ3) is 3.34. The number of carbonyl (C=O) groups excluding carboxylic acids is 1. The van der Waals surface area contributed by atoms with Crippen molar-refractivity contribution in [1.29, 1.82) is 0 Å². The van der Waals surface area contributed by atoms with Crippen molar-refractivity contribution in [2.45, 2.75) is 25.0 Å². The van der Waals surface area contributed by atoms with Crippen LogP contribution in [0.2, 0.25) is 0 Å². The van der Waals surface area contributed by atoms with E-state index in [0.29, 0.717) is 12.8 Å². The zero-order chi connectivity index (χ0) is 14.7. The maximum Gasteiger partial charge on any atom is 0.332 e. The molecule has 20 heavy (non-hydrogen) atoms. The summed E-state index contributed by atoms with van der Waals surface area (Å²) >= 11 is 3.01. The average molecular weight is 346 g/mol. The summed E-state index contributed by atoms with van der Waals surface area (Å²) in [7, 11) is 0. The van der Waals surface area contributed by atoms with Crippen LogP contribution in [0, 0.1) is 5.82 Å². The van der Waals surface area contributed by atoms with E-state index < -0.39 is 23.8 Å². The van der Waals surface area contributed by atoms with Crippen molar-refractivity contribution in [3.05, 3.63) is 34.1 Å². The van der Waals surface area contributed by atoms with Crippen LogP contribution in [0.15, 0.2) is 22.7 Å². The Labute approximate surface area is 123 Å². The van der Waals surface area contributed by atoms with Crippen molar-refractivity contribution in [2.24, 2.45) is 0 Å². The summed E-state index contributed by atoms with van der Waals surface area (Å²) in [6.07, 6.45) is -0.200. The van der Waals surface area contributed by atoms with Gasteiger partial charge >= 0.3 is 5.97 Å². The number of carboxylic acid groups (broad SMARTS) is 1. The van der Waals surface area contributed by atoms with Crippen LogP contribution in [0.5, 0.6) is 0 Å². The van der Waals surface area contributed by atoms with Crippen molar-refractivity contribution in [3.8, 4) is 0 Å². The van der Waals surface area contributed by atoms with Gasteiger partial charge in [0.2, 0.25) is 0 Å². The lowest BCUT2D eigenvalue weighted by Crippen LogP contribution is -2.33. The Balaban J connectivity index is 1.90. The second-order valence-corrected chi connectivity index (χ2v) is 5.33. The molecule has 1 aromatic rings. The van der Waals surface area contributed by atoms with E-state index >= 15 is 0 Å². The van der Waals surface area contributed by atoms with E-state index in [-0.39, 0.29) is 22.7 Å². The minimum absolute atomic E-state index is 0.0628. The standard InChI is InChI=1S/C13H13BrFNO4/c14-9-3-1-2-8(11(9)15)12(17)16-6-7-4-5-10(20-7)13(18)19/h1-3,7,10H,4-6H2,(H,16,17)(H,18,19). The van der Waals surface area contributed by atoms with Crippen LogP contribution in [0.3, 0.4) is 0 Å². The van der Waals surface area contributed by atoms with Crippen molar-refractivity contribution >= 4 is 27.8 Å². The molecule has 0 bridgehead atoms. The molecule has 2 N–H and O–H groups in total. The monoisotopic (exact) mass is 345 g/mol. The number of benzene rings is 1. The van der Waals surface area contributed by atoms with Gasteiger partial charge in [0, 0.05) is 6.54 Å². The Kier molecular flexibility index (Phi) is 4.72. The first-order chi connectivity index (χ1) is 9.49. The third-order valence-electron chi connectivity index (χ3n) is 3.07. The molecule has 0 saturated carbocycles. The predicted octanol–water partition coefficient (Wildman–Crippen LogP) is 1.95. The molecule has 2 rings (SSSR count). The zero-order valence-electron chi connectivity index (χ0n) is 10.4. The molecule has 1 aliphatic rings. The summed E-state index contributed by atoms with van der Waals surface area (Å²) in [5, 5.41) is 11.3. The van der Waals surface area contributed by atoms with Gasteiger partial charge in [-0.25, -0.2) is 9.18 Å². The summed E-state index contributed by atoms with van der Waals surface area (Å²) in [5.74, 6) is -2.18. The molecular weight excluding hydrogens is 333 g/mol. The lowest BCUT2D eigenvalue weighted by molar-refractivity contribution is -0.149. The van der Waals surface area contributed by atoms with Gasteiger partial charge in [-0.1, -0.05) is 6.07 Å². The fraction of sp³-hybridized carbons (Fsp3) is 0.385. The second-order valence-electron chi connectivity index (χ2n) is 4.47. The number of halogens is 2. The quantitative estimate of drug-likeness (QED) is 0.874. The maximum atomic E-state index is 13.7. The van der Waals surface area contributed by atoms with Crippen molar-refractivity contribution in [1.82, 2.24) is 5.32 Å². The number of ether oxygens (including phenoxy) is 1. The van der Waals surface area contributed by atoms with Crippen molar-refractivity contribution < 1.29 is 23.8 Å². The molecule has 0 spiro atoms. The molecule has 1 saturated heterocycles. The smallest absolute Gasteiger partial charge is 0.332 e. The number of carbonyl (C=O) groups is 2. The summed E-state index contributed by atoms with van der Waals surface area (Å²) < 4.78 is 19.2. The SMILES string of the molecule is O=C(NCC1CCC(C(=O)O)O1)c1cccc(Br)c1F. The van der Waals surface area contributed by atoms with E-state index in [1.807, 2.05) is 0 Å². The van der Waals surface area contributed by atoms with Crippen LogP contribution < -0.4 is 5.32 Å². The maximum absolute atomic E-state index is 13.7. The number of rotatable bonds is 4. The number of hydrogen-bond donors (Lipinski definition) is 2. The van der Waals surface area contributed by atoms with Crippen LogP contribution in [0.25, 0.3) is 0 Å². The minimum atomic E-state index is -1.00. The first-order valence-corrected chi connectivity index (χ1v) is 6.89. The Bertz CT molecular complexity index is 537. The third-order valence-corrected chi connectivity index (χ3v) is 3.68. The molecule has 1 aromatic carbocycles. The average Bonchev–Trinajstić information content (AvgIpc) is 2.88. The summed E-state index contributed by atoms with van der Waals surface area (Å²) in [5.41, 5.74) is -0.0628. The van der Waals surface area contributed by atoms with Crippen LogP contribution in [0.1, 0.15) is 23.2 Å². The summed E-state index contributed by atoms with van der Waals surface area (Å²) in [6.45, 7) is 0.161. The molecule has 0 aromatic heterocycles. The molecule has 7 heteroatoms. The molecule has 1 amide bonds. The predicted molar refractivity (Wildman–Crippen MR) is 72.0 cm³/mol. The molecule has 2 atom stereocenters. The highest BCUT2D eigenvalue weighted by atomic mass is 79.9. The van der Waals surface area contributed by atoms with Gasteiger partial charge in [-0.05, 0) is 40.9 Å². The highest BCUT2D eigenvalue weighted by Gasteiger charge is 2.30. The van der Waals surface area contributed by atoms with Gasteiger partial charge in [0.25, 0.3) is 5.91 Å².